The molecule has 0 atom stereocenters. The molecule has 0 unspecified atom stereocenters. The Kier molecular flexibility index (Phi) is 4.24. The summed E-state index contributed by atoms with van der Waals surface area (Å²) in [6.45, 7) is 1.92. The van der Waals surface area contributed by atoms with Crippen molar-refractivity contribution in [1.82, 2.24) is 9.97 Å². The number of hydrogen-bond donors (Lipinski definition) is 3. The summed E-state index contributed by atoms with van der Waals surface area (Å²) in [6.07, 6.45) is 2.48. The maximum absolute atomic E-state index is 11.2. The van der Waals surface area contributed by atoms with Crippen LogP contribution in [0.3, 0.4) is 0 Å². The van der Waals surface area contributed by atoms with Crippen LogP contribution in [0.2, 0.25) is 0 Å². The van der Waals surface area contributed by atoms with Gasteiger partial charge >= 0.3 is 6.09 Å². The highest BCUT2D eigenvalue weighted by Gasteiger charge is 2.13. The molecule has 0 bridgehead atoms. The first-order valence-corrected chi connectivity index (χ1v) is 6.30. The number of hydrogen-bond acceptors (Lipinski definition) is 6. The van der Waals surface area contributed by atoms with Gasteiger partial charge in [-0.05, 0) is 24.6 Å². The first kappa shape index (κ1) is 14.6. The summed E-state index contributed by atoms with van der Waals surface area (Å²) in [4.78, 5) is 19.4. The summed E-state index contributed by atoms with van der Waals surface area (Å²) in [5.41, 5.74) is 8.43. The predicted octanol–water partition coefficient (Wildman–Crippen LogP) is 0.689. The highest BCUT2D eigenvalue weighted by atomic mass is 16.6. The molecule has 0 aliphatic rings. The summed E-state index contributed by atoms with van der Waals surface area (Å²) in [7, 11) is 1.56. The number of nitrogens with one attached hydrogen (secondary N) is 1. The number of anilines is 1. The highest BCUT2D eigenvalue weighted by molar-refractivity contribution is 5.97. The molecule has 0 saturated heterocycles. The molecule has 2 aromatic rings. The molecule has 0 aliphatic heterocycles. The van der Waals surface area contributed by atoms with Crippen molar-refractivity contribution in [2.75, 3.05) is 12.8 Å². The smallest absolute Gasteiger partial charge is 0.382 e. The summed E-state index contributed by atoms with van der Waals surface area (Å²) in [5, 5.41) is 9.07. The molecule has 0 aliphatic carbocycles. The number of benzene rings is 1. The Balaban J connectivity index is 2.35. The first-order valence-electron chi connectivity index (χ1n) is 6.30. The maximum Gasteiger partial charge on any atom is 0.519 e. The van der Waals surface area contributed by atoms with Gasteiger partial charge in [-0.2, -0.15) is 4.79 Å². The molecule has 7 nitrogen and oxygen atoms in total. The highest BCUT2D eigenvalue weighted by Crippen LogP contribution is 2.22. The van der Waals surface area contributed by atoms with Gasteiger partial charge in [-0.3, -0.25) is 10.4 Å². The average Bonchev–Trinajstić information content (AvgIpc) is 2.48. The lowest BCUT2D eigenvalue weighted by molar-refractivity contribution is -0.536. The van der Waals surface area contributed by atoms with Gasteiger partial charge in [-0.1, -0.05) is 6.07 Å². The molecule has 108 valence electrons. The van der Waals surface area contributed by atoms with Crippen LogP contribution in [0, 0.1) is 12.3 Å². The van der Waals surface area contributed by atoms with Crippen LogP contribution in [-0.4, -0.2) is 29.0 Å². The fourth-order valence-electron chi connectivity index (χ4n) is 1.73. The number of rotatable bonds is 2. The van der Waals surface area contributed by atoms with Crippen LogP contribution in [0.15, 0.2) is 30.6 Å². The molecule has 0 saturated carbocycles. The molecule has 5 N–H and O–H groups in total. The quantitative estimate of drug-likeness (QED) is 0.554. The Labute approximate surface area is 121 Å². The molecule has 1 amide bonds. The first-order chi connectivity index (χ1) is 10.0. The average molecular weight is 286 g/mol. The van der Waals surface area contributed by atoms with Crippen molar-refractivity contribution in [3.63, 3.8) is 0 Å². The maximum atomic E-state index is 11.2. The lowest BCUT2D eigenvalue weighted by Crippen LogP contribution is -2.84. The molecule has 1 heterocycles. The van der Waals surface area contributed by atoms with E-state index in [9.17, 15) is 4.79 Å². The van der Waals surface area contributed by atoms with E-state index < -0.39 is 6.09 Å². The summed E-state index contributed by atoms with van der Waals surface area (Å²) < 4.78 is 4.87. The van der Waals surface area contributed by atoms with Crippen molar-refractivity contribution in [3.8, 4) is 11.3 Å². The lowest BCUT2D eigenvalue weighted by atomic mass is 10.0. The van der Waals surface area contributed by atoms with Gasteiger partial charge in [0, 0.05) is 11.1 Å². The zero-order valence-corrected chi connectivity index (χ0v) is 11.8. The molecule has 0 fully saturated rings. The van der Waals surface area contributed by atoms with Crippen molar-refractivity contribution in [2.24, 2.45) is 0 Å². The lowest BCUT2D eigenvalue weighted by Gasteiger charge is -2.08. The minimum Gasteiger partial charge on any atom is -0.382 e. The Bertz CT molecular complexity index is 682. The molecule has 7 heteroatoms. The van der Waals surface area contributed by atoms with E-state index in [0.717, 1.165) is 11.1 Å². The minimum atomic E-state index is -0.561. The second-order valence-corrected chi connectivity index (χ2v) is 4.40. The fraction of sp³-hybridized carbons (Fsp3) is 0.143. The van der Waals surface area contributed by atoms with E-state index in [4.69, 9.17) is 15.9 Å². The van der Waals surface area contributed by atoms with Gasteiger partial charge in [-0.15, -0.1) is 0 Å². The zero-order chi connectivity index (χ0) is 15.4. The number of ether oxygens (including phenoxy) is 1. The number of aryl methyl sites for hydroxylation is 1. The third-order valence-corrected chi connectivity index (χ3v) is 2.89. The summed E-state index contributed by atoms with van der Waals surface area (Å²) >= 11 is 0. The van der Waals surface area contributed by atoms with Crippen LogP contribution >= 0.6 is 0 Å². The largest absolute Gasteiger partial charge is 0.519 e. The fourth-order valence-corrected chi connectivity index (χ4v) is 1.73. The molecule has 2 rings (SSSR count). The SMILES string of the molecule is C[NH2+]C(=O)OC(=N)c1ccc(C)c(-c2cnc(N)cn2)c1. The number of amides is 1. The number of nitrogens with zero attached hydrogens (tertiary/aromatic N) is 2. The van der Waals surface area contributed by atoms with Crippen molar-refractivity contribution in [1.29, 1.82) is 5.41 Å². The second-order valence-electron chi connectivity index (χ2n) is 4.40. The van der Waals surface area contributed by atoms with E-state index in [-0.39, 0.29) is 5.90 Å². The molecular formula is C14H16N5O2+. The molecule has 1 aromatic carbocycles. The third-order valence-electron chi connectivity index (χ3n) is 2.89. The second kappa shape index (κ2) is 6.10. The van der Waals surface area contributed by atoms with Crippen LogP contribution in [0.4, 0.5) is 10.6 Å². The van der Waals surface area contributed by atoms with Gasteiger partial charge in [0.25, 0.3) is 0 Å². The van der Waals surface area contributed by atoms with Crippen LogP contribution in [0.5, 0.6) is 0 Å². The zero-order valence-electron chi connectivity index (χ0n) is 11.8. The van der Waals surface area contributed by atoms with Crippen molar-refractivity contribution in [3.05, 3.63) is 41.7 Å². The number of aromatic nitrogens is 2. The van der Waals surface area contributed by atoms with Gasteiger partial charge in [0.05, 0.1) is 25.1 Å². The van der Waals surface area contributed by atoms with Crippen molar-refractivity contribution in [2.45, 2.75) is 6.92 Å². The molecular weight excluding hydrogens is 270 g/mol. The molecule has 0 radical (unpaired) electrons. The normalized spacial score (nSPS) is 10.2. The number of carbonyl (C=O) groups excluding carboxylic acids is 1. The van der Waals surface area contributed by atoms with Crippen LogP contribution < -0.4 is 11.1 Å². The number of nitrogens with two attached hydrogens (primary N) is 2. The van der Waals surface area contributed by atoms with E-state index in [1.54, 1.807) is 25.4 Å². The van der Waals surface area contributed by atoms with Gasteiger partial charge in [0.2, 0.25) is 5.90 Å². The molecule has 1 aromatic heterocycles. The third kappa shape index (κ3) is 3.40. The standard InChI is InChI=1S/C14H15N5O2/c1-8-3-4-9(13(16)21-14(20)17-2)5-10(8)11-6-19-12(15)7-18-11/h3-7,16H,1-2H3,(H2,15,19)(H,17,20)/p+1. The summed E-state index contributed by atoms with van der Waals surface area (Å²) in [6, 6.07) is 5.29. The van der Waals surface area contributed by atoms with Crippen LogP contribution in [0.1, 0.15) is 11.1 Å². The van der Waals surface area contributed by atoms with E-state index >= 15 is 0 Å². The van der Waals surface area contributed by atoms with Gasteiger partial charge < -0.3 is 10.5 Å². The Morgan fingerprint density at radius 1 is 1.33 bits per heavy atom. The Morgan fingerprint density at radius 3 is 2.71 bits per heavy atom. The topological polar surface area (TPSA) is 119 Å². The predicted molar refractivity (Wildman–Crippen MR) is 77.8 cm³/mol. The molecule has 0 spiro atoms. The molecule has 21 heavy (non-hydrogen) atoms. The van der Waals surface area contributed by atoms with E-state index in [0.29, 0.717) is 17.1 Å². The minimum absolute atomic E-state index is 0.206. The van der Waals surface area contributed by atoms with E-state index in [2.05, 4.69) is 9.97 Å². The van der Waals surface area contributed by atoms with Crippen LogP contribution in [-0.2, 0) is 4.74 Å². The van der Waals surface area contributed by atoms with E-state index in [1.807, 2.05) is 13.0 Å². The monoisotopic (exact) mass is 286 g/mol. The van der Waals surface area contributed by atoms with Gasteiger partial charge in [0.15, 0.2) is 0 Å². The van der Waals surface area contributed by atoms with Crippen molar-refractivity contribution >= 4 is 17.8 Å². The number of primary amides is 1. The van der Waals surface area contributed by atoms with Crippen molar-refractivity contribution < 1.29 is 14.8 Å². The Hall–Kier alpha value is -2.80. The Morgan fingerprint density at radius 2 is 2.10 bits per heavy atom. The van der Waals surface area contributed by atoms with Crippen LogP contribution in [0.25, 0.3) is 11.3 Å². The summed E-state index contributed by atoms with van der Waals surface area (Å²) in [5.74, 6) is 0.135. The number of quaternary nitrogens is 1. The van der Waals surface area contributed by atoms with Gasteiger partial charge in [0.1, 0.15) is 5.82 Å². The van der Waals surface area contributed by atoms with Gasteiger partial charge in [-0.25, -0.2) is 10.3 Å². The number of carbonyl (C=O) groups is 1. The number of nitrogen functional groups attached to an aromatic ring is 1. The van der Waals surface area contributed by atoms with E-state index in [1.165, 1.54) is 11.5 Å².